The fourth-order valence-electron chi connectivity index (χ4n) is 1.79. The molecule has 2 rings (SSSR count). The normalized spacial score (nSPS) is 10.4. The van der Waals surface area contributed by atoms with Gasteiger partial charge < -0.3 is 14.2 Å². The Morgan fingerprint density at radius 3 is 2.65 bits per heavy atom. The number of benzene rings is 1. The number of halogens is 2. The highest BCUT2D eigenvalue weighted by atomic mass is 35.5. The molecule has 0 aliphatic heterocycles. The predicted octanol–water partition coefficient (Wildman–Crippen LogP) is 3.26. The maximum atomic E-state index is 11.9. The van der Waals surface area contributed by atoms with Crippen LogP contribution < -0.4 is 4.74 Å². The summed E-state index contributed by atoms with van der Waals surface area (Å²) in [5.41, 5.74) is 0.797. The molecule has 0 spiro atoms. The van der Waals surface area contributed by atoms with E-state index in [-0.39, 0.29) is 17.3 Å². The Labute approximate surface area is 143 Å². The van der Waals surface area contributed by atoms with Crippen molar-refractivity contribution < 1.29 is 19.0 Å². The van der Waals surface area contributed by atoms with Crippen molar-refractivity contribution in [1.29, 1.82) is 0 Å². The van der Waals surface area contributed by atoms with Gasteiger partial charge in [0.25, 0.3) is 0 Å². The van der Waals surface area contributed by atoms with E-state index >= 15 is 0 Å². The number of carbonyl (C=O) groups excluding carboxylic acids is 1. The fraction of sp³-hybridized carbons (Fsp3) is 0.267. The summed E-state index contributed by atoms with van der Waals surface area (Å²) in [5.74, 6) is -0.377. The van der Waals surface area contributed by atoms with Crippen molar-refractivity contribution in [3.8, 4) is 17.1 Å². The monoisotopic (exact) mass is 356 g/mol. The maximum Gasteiger partial charge on any atom is 0.358 e. The molecule has 0 aliphatic carbocycles. The molecule has 0 unspecified atom stereocenters. The minimum atomic E-state index is -0.623. The standard InChI is InChI=1S/C15H14Cl2N2O4/c1-21-5-6-23-12-8-18-14(15(20)22-2)13(19-12)10-4-3-9(16)7-11(10)17/h3-4,7-8H,5-6H2,1-2H3. The van der Waals surface area contributed by atoms with E-state index in [1.807, 2.05) is 0 Å². The van der Waals surface area contributed by atoms with Crippen molar-refractivity contribution in [2.75, 3.05) is 27.4 Å². The van der Waals surface area contributed by atoms with E-state index < -0.39 is 5.97 Å². The second-order valence-electron chi connectivity index (χ2n) is 4.36. The largest absolute Gasteiger partial charge is 0.474 e. The Bertz CT molecular complexity index is 710. The van der Waals surface area contributed by atoms with Crippen LogP contribution in [-0.4, -0.2) is 43.4 Å². The molecule has 0 atom stereocenters. The lowest BCUT2D eigenvalue weighted by atomic mass is 10.1. The first kappa shape index (κ1) is 17.5. The van der Waals surface area contributed by atoms with Gasteiger partial charge in [0.15, 0.2) is 5.69 Å². The first-order valence-corrected chi connectivity index (χ1v) is 7.35. The van der Waals surface area contributed by atoms with Crippen LogP contribution in [0.15, 0.2) is 24.4 Å². The first-order chi connectivity index (χ1) is 11.1. The van der Waals surface area contributed by atoms with Gasteiger partial charge in [-0.05, 0) is 18.2 Å². The van der Waals surface area contributed by atoms with Crippen LogP contribution in [-0.2, 0) is 9.47 Å². The highest BCUT2D eigenvalue weighted by Crippen LogP contribution is 2.31. The number of esters is 1. The highest BCUT2D eigenvalue weighted by molar-refractivity contribution is 6.36. The van der Waals surface area contributed by atoms with Gasteiger partial charge >= 0.3 is 5.97 Å². The Morgan fingerprint density at radius 2 is 2.00 bits per heavy atom. The van der Waals surface area contributed by atoms with Crippen LogP contribution in [0.3, 0.4) is 0 Å². The molecule has 0 fully saturated rings. The molecule has 0 N–H and O–H groups in total. The van der Waals surface area contributed by atoms with E-state index in [2.05, 4.69) is 9.97 Å². The van der Waals surface area contributed by atoms with Crippen LogP contribution in [0.25, 0.3) is 11.3 Å². The van der Waals surface area contributed by atoms with Gasteiger partial charge in [0.2, 0.25) is 5.88 Å². The van der Waals surface area contributed by atoms with Crippen LogP contribution >= 0.6 is 23.2 Å². The zero-order chi connectivity index (χ0) is 16.8. The lowest BCUT2D eigenvalue weighted by molar-refractivity contribution is 0.0594. The lowest BCUT2D eigenvalue weighted by Gasteiger charge is -2.11. The van der Waals surface area contributed by atoms with Crippen molar-refractivity contribution in [1.82, 2.24) is 9.97 Å². The Hall–Kier alpha value is -1.89. The molecular weight excluding hydrogens is 343 g/mol. The molecule has 0 radical (unpaired) electrons. The van der Waals surface area contributed by atoms with Gasteiger partial charge in [-0.15, -0.1) is 0 Å². The molecule has 122 valence electrons. The number of methoxy groups -OCH3 is 2. The molecule has 2 aromatic rings. The molecule has 0 amide bonds. The smallest absolute Gasteiger partial charge is 0.358 e. The predicted molar refractivity (Wildman–Crippen MR) is 86.2 cm³/mol. The summed E-state index contributed by atoms with van der Waals surface area (Å²) in [6.07, 6.45) is 1.34. The van der Waals surface area contributed by atoms with Gasteiger partial charge in [-0.2, -0.15) is 0 Å². The van der Waals surface area contributed by atoms with Crippen molar-refractivity contribution in [3.63, 3.8) is 0 Å². The average Bonchev–Trinajstić information content (AvgIpc) is 2.54. The SMILES string of the molecule is COCCOc1cnc(C(=O)OC)c(-c2ccc(Cl)cc2Cl)n1. The van der Waals surface area contributed by atoms with Gasteiger partial charge in [0, 0.05) is 17.7 Å². The minimum Gasteiger partial charge on any atom is -0.474 e. The van der Waals surface area contributed by atoms with Gasteiger partial charge in [0.1, 0.15) is 12.3 Å². The van der Waals surface area contributed by atoms with E-state index in [0.717, 1.165) is 0 Å². The fourth-order valence-corrected chi connectivity index (χ4v) is 2.29. The van der Waals surface area contributed by atoms with Crippen LogP contribution in [0.2, 0.25) is 10.0 Å². The number of ether oxygens (including phenoxy) is 3. The van der Waals surface area contributed by atoms with Crippen molar-refractivity contribution in [2.24, 2.45) is 0 Å². The van der Waals surface area contributed by atoms with E-state index in [9.17, 15) is 4.79 Å². The Kier molecular flexibility index (Phi) is 6.15. The van der Waals surface area contributed by atoms with E-state index in [1.54, 1.807) is 25.3 Å². The molecular formula is C15H14Cl2N2O4. The summed E-state index contributed by atoms with van der Waals surface area (Å²) < 4.78 is 15.1. The summed E-state index contributed by atoms with van der Waals surface area (Å²) in [6, 6.07) is 4.85. The third-order valence-electron chi connectivity index (χ3n) is 2.85. The number of hydrogen-bond acceptors (Lipinski definition) is 6. The number of carbonyl (C=O) groups is 1. The third-order valence-corrected chi connectivity index (χ3v) is 3.40. The minimum absolute atomic E-state index is 0.0378. The summed E-state index contributed by atoms with van der Waals surface area (Å²) >= 11 is 12.1. The second kappa shape index (κ2) is 8.10. The summed E-state index contributed by atoms with van der Waals surface area (Å²) in [5, 5.41) is 0.810. The topological polar surface area (TPSA) is 70.5 Å². The van der Waals surface area contributed by atoms with Crippen LogP contribution in [0, 0.1) is 0 Å². The molecule has 23 heavy (non-hydrogen) atoms. The zero-order valence-corrected chi connectivity index (χ0v) is 14.0. The molecule has 0 aliphatic rings. The number of rotatable bonds is 6. The Balaban J connectivity index is 2.47. The molecule has 1 aromatic heterocycles. The van der Waals surface area contributed by atoms with Gasteiger partial charge in [0.05, 0.1) is 24.9 Å². The summed E-state index contributed by atoms with van der Waals surface area (Å²) in [4.78, 5) is 20.3. The van der Waals surface area contributed by atoms with Crippen molar-refractivity contribution in [3.05, 3.63) is 40.1 Å². The van der Waals surface area contributed by atoms with Crippen molar-refractivity contribution in [2.45, 2.75) is 0 Å². The molecule has 0 saturated carbocycles. The first-order valence-electron chi connectivity index (χ1n) is 6.59. The van der Waals surface area contributed by atoms with Gasteiger partial charge in [-0.1, -0.05) is 23.2 Å². The van der Waals surface area contributed by atoms with Gasteiger partial charge in [-0.3, -0.25) is 0 Å². The molecule has 6 nitrogen and oxygen atoms in total. The third kappa shape index (κ3) is 4.31. The van der Waals surface area contributed by atoms with Crippen LogP contribution in [0.4, 0.5) is 0 Å². The van der Waals surface area contributed by atoms with E-state index in [1.165, 1.54) is 13.3 Å². The molecule has 8 heteroatoms. The van der Waals surface area contributed by atoms with E-state index in [0.29, 0.717) is 28.8 Å². The molecule has 1 heterocycles. The number of hydrogen-bond donors (Lipinski definition) is 0. The Morgan fingerprint density at radius 1 is 1.22 bits per heavy atom. The number of nitrogens with zero attached hydrogens (tertiary/aromatic N) is 2. The molecule has 0 saturated heterocycles. The highest BCUT2D eigenvalue weighted by Gasteiger charge is 2.20. The number of aromatic nitrogens is 2. The van der Waals surface area contributed by atoms with Crippen molar-refractivity contribution >= 4 is 29.2 Å². The molecule has 1 aromatic carbocycles. The average molecular weight is 357 g/mol. The zero-order valence-electron chi connectivity index (χ0n) is 12.5. The van der Waals surface area contributed by atoms with Crippen LogP contribution in [0.5, 0.6) is 5.88 Å². The maximum absolute atomic E-state index is 11.9. The summed E-state index contributed by atoms with van der Waals surface area (Å²) in [7, 11) is 2.83. The van der Waals surface area contributed by atoms with Gasteiger partial charge in [-0.25, -0.2) is 14.8 Å². The summed E-state index contributed by atoms with van der Waals surface area (Å²) in [6.45, 7) is 0.702. The van der Waals surface area contributed by atoms with Crippen LogP contribution in [0.1, 0.15) is 10.5 Å². The van der Waals surface area contributed by atoms with E-state index in [4.69, 9.17) is 37.4 Å². The second-order valence-corrected chi connectivity index (χ2v) is 5.21. The quantitative estimate of drug-likeness (QED) is 0.584. The molecule has 0 bridgehead atoms. The lowest BCUT2D eigenvalue weighted by Crippen LogP contribution is -2.11.